The van der Waals surface area contributed by atoms with Crippen molar-refractivity contribution < 1.29 is 13.5 Å². The molecule has 0 bridgehead atoms. The third-order valence-electron chi connectivity index (χ3n) is 2.01. The summed E-state index contributed by atoms with van der Waals surface area (Å²) in [4.78, 5) is 0. The minimum Gasteiger partial charge on any atom is -0.492 e. The predicted molar refractivity (Wildman–Crippen MR) is 57.8 cm³/mol. The molecule has 0 spiro atoms. The van der Waals surface area contributed by atoms with E-state index in [1.165, 1.54) is 13.2 Å². The number of nitrogens with two attached hydrogens (primary N) is 1. The maximum atomic E-state index is 13.6. The lowest BCUT2D eigenvalue weighted by Gasteiger charge is -2.21. The fourth-order valence-electron chi connectivity index (χ4n) is 1.23. The van der Waals surface area contributed by atoms with Gasteiger partial charge < -0.3 is 10.5 Å². The zero-order valence-corrected chi connectivity index (χ0v) is 10.3. The van der Waals surface area contributed by atoms with E-state index < -0.39 is 17.2 Å². The summed E-state index contributed by atoms with van der Waals surface area (Å²) in [5.74, 6) is -2.15. The van der Waals surface area contributed by atoms with Crippen molar-refractivity contribution in [2.45, 2.75) is 19.4 Å². The molecule has 1 aromatic rings. The molecule has 0 unspecified atom stereocenters. The van der Waals surface area contributed by atoms with E-state index in [0.29, 0.717) is 4.47 Å². The predicted octanol–water partition coefficient (Wildman–Crippen LogP) is 2.93. The van der Waals surface area contributed by atoms with Crippen LogP contribution in [0.15, 0.2) is 10.5 Å². The largest absolute Gasteiger partial charge is 0.492 e. The van der Waals surface area contributed by atoms with E-state index in [0.717, 1.165) is 0 Å². The number of halogens is 3. The van der Waals surface area contributed by atoms with Gasteiger partial charge in [-0.05, 0) is 35.8 Å². The van der Waals surface area contributed by atoms with Crippen molar-refractivity contribution in [3.8, 4) is 5.75 Å². The lowest BCUT2D eigenvalue weighted by atomic mass is 9.95. The summed E-state index contributed by atoms with van der Waals surface area (Å²) in [7, 11) is 1.27. The standard InChI is InChI=1S/C10H12BrF2NO/c1-10(2,14)5-4-6(11)9(15-3)8(13)7(5)12/h4H,14H2,1-3H3. The number of benzene rings is 1. The van der Waals surface area contributed by atoms with Gasteiger partial charge in [-0.2, -0.15) is 4.39 Å². The smallest absolute Gasteiger partial charge is 0.202 e. The molecule has 0 saturated heterocycles. The Morgan fingerprint density at radius 1 is 1.33 bits per heavy atom. The number of rotatable bonds is 2. The van der Waals surface area contributed by atoms with Gasteiger partial charge in [-0.25, -0.2) is 4.39 Å². The summed E-state index contributed by atoms with van der Waals surface area (Å²) in [6.07, 6.45) is 0. The molecule has 0 aliphatic rings. The summed E-state index contributed by atoms with van der Waals surface area (Å²) in [6.45, 7) is 3.20. The van der Waals surface area contributed by atoms with E-state index >= 15 is 0 Å². The van der Waals surface area contributed by atoms with E-state index in [2.05, 4.69) is 15.9 Å². The Bertz CT molecular complexity index is 388. The van der Waals surface area contributed by atoms with Crippen molar-refractivity contribution >= 4 is 15.9 Å². The van der Waals surface area contributed by atoms with Gasteiger partial charge in [-0.3, -0.25) is 0 Å². The van der Waals surface area contributed by atoms with E-state index in [1.807, 2.05) is 0 Å². The molecule has 0 radical (unpaired) electrons. The maximum Gasteiger partial charge on any atom is 0.202 e. The molecule has 84 valence electrons. The lowest BCUT2D eigenvalue weighted by molar-refractivity contribution is 0.362. The van der Waals surface area contributed by atoms with Gasteiger partial charge in [0.2, 0.25) is 5.82 Å². The molecule has 0 fully saturated rings. The molecule has 0 saturated carbocycles. The van der Waals surface area contributed by atoms with Gasteiger partial charge in [0.25, 0.3) is 0 Å². The fraction of sp³-hybridized carbons (Fsp3) is 0.400. The quantitative estimate of drug-likeness (QED) is 0.845. The molecule has 1 rings (SSSR count). The Balaban J connectivity index is 3.48. The van der Waals surface area contributed by atoms with Crippen molar-refractivity contribution in [2.75, 3.05) is 7.11 Å². The highest BCUT2D eigenvalue weighted by molar-refractivity contribution is 9.10. The SMILES string of the molecule is COc1c(Br)cc(C(C)(C)N)c(F)c1F. The second-order valence-electron chi connectivity index (χ2n) is 3.79. The second-order valence-corrected chi connectivity index (χ2v) is 4.64. The van der Waals surface area contributed by atoms with Crippen LogP contribution in [0.3, 0.4) is 0 Å². The van der Waals surface area contributed by atoms with Crippen molar-refractivity contribution in [1.29, 1.82) is 0 Å². The van der Waals surface area contributed by atoms with Crippen molar-refractivity contribution in [1.82, 2.24) is 0 Å². The maximum absolute atomic E-state index is 13.6. The number of hydrogen-bond donors (Lipinski definition) is 1. The third kappa shape index (κ3) is 2.29. The Labute approximate surface area is 95.5 Å². The molecule has 5 heteroatoms. The molecule has 0 heterocycles. The van der Waals surface area contributed by atoms with Crippen LogP contribution < -0.4 is 10.5 Å². The molecular weight excluding hydrogens is 268 g/mol. The van der Waals surface area contributed by atoms with Crippen molar-refractivity contribution in [2.24, 2.45) is 5.73 Å². The number of ether oxygens (including phenoxy) is 1. The molecular formula is C10H12BrF2NO. The lowest BCUT2D eigenvalue weighted by Crippen LogP contribution is -2.30. The van der Waals surface area contributed by atoms with Crippen LogP contribution >= 0.6 is 15.9 Å². The first kappa shape index (κ1) is 12.4. The van der Waals surface area contributed by atoms with Crippen LogP contribution in [0.25, 0.3) is 0 Å². The first-order chi connectivity index (χ1) is 6.79. The minimum atomic E-state index is -1.03. The molecule has 15 heavy (non-hydrogen) atoms. The summed E-state index contributed by atoms with van der Waals surface area (Å²) < 4.78 is 32.1. The van der Waals surface area contributed by atoms with Gasteiger partial charge in [-0.1, -0.05) is 0 Å². The second kappa shape index (κ2) is 4.06. The molecule has 0 amide bonds. The van der Waals surface area contributed by atoms with Crippen LogP contribution in [-0.4, -0.2) is 7.11 Å². The molecule has 0 aliphatic heterocycles. The molecule has 2 nitrogen and oxygen atoms in total. The highest BCUT2D eigenvalue weighted by atomic mass is 79.9. The van der Waals surface area contributed by atoms with Crippen LogP contribution in [0.4, 0.5) is 8.78 Å². The summed E-state index contributed by atoms with van der Waals surface area (Å²) >= 11 is 3.10. The average Bonchev–Trinajstić information content (AvgIpc) is 2.10. The average molecular weight is 280 g/mol. The Kier molecular flexibility index (Phi) is 3.35. The van der Waals surface area contributed by atoms with Crippen LogP contribution in [0, 0.1) is 11.6 Å². The first-order valence-corrected chi connectivity index (χ1v) is 5.09. The van der Waals surface area contributed by atoms with Crippen LogP contribution in [0.1, 0.15) is 19.4 Å². The van der Waals surface area contributed by atoms with E-state index in [4.69, 9.17) is 10.5 Å². The third-order valence-corrected chi connectivity index (χ3v) is 2.60. The topological polar surface area (TPSA) is 35.2 Å². The van der Waals surface area contributed by atoms with E-state index in [9.17, 15) is 8.78 Å². The fourth-order valence-corrected chi connectivity index (χ4v) is 1.80. The van der Waals surface area contributed by atoms with Gasteiger partial charge in [0.05, 0.1) is 11.6 Å². The molecule has 0 atom stereocenters. The zero-order valence-electron chi connectivity index (χ0n) is 8.70. The van der Waals surface area contributed by atoms with Crippen molar-refractivity contribution in [3.05, 3.63) is 27.7 Å². The Morgan fingerprint density at radius 2 is 1.87 bits per heavy atom. The highest BCUT2D eigenvalue weighted by Crippen LogP contribution is 2.35. The number of hydrogen-bond acceptors (Lipinski definition) is 2. The van der Waals surface area contributed by atoms with Crippen LogP contribution in [-0.2, 0) is 5.54 Å². The van der Waals surface area contributed by atoms with Gasteiger partial charge in [0.15, 0.2) is 11.6 Å². The summed E-state index contributed by atoms with van der Waals surface area (Å²) in [5, 5.41) is 0. The highest BCUT2D eigenvalue weighted by Gasteiger charge is 2.25. The molecule has 0 aromatic heterocycles. The summed E-state index contributed by atoms with van der Waals surface area (Å²) in [6, 6.07) is 1.43. The van der Waals surface area contributed by atoms with Gasteiger partial charge in [-0.15, -0.1) is 0 Å². The normalized spacial score (nSPS) is 11.7. The minimum absolute atomic E-state index is 0.104. The van der Waals surface area contributed by atoms with E-state index in [-0.39, 0.29) is 11.3 Å². The zero-order chi connectivity index (χ0) is 11.8. The molecule has 0 aliphatic carbocycles. The molecule has 1 aromatic carbocycles. The number of methoxy groups -OCH3 is 1. The van der Waals surface area contributed by atoms with Crippen LogP contribution in [0.5, 0.6) is 5.75 Å². The summed E-state index contributed by atoms with van der Waals surface area (Å²) in [5.41, 5.74) is 4.88. The van der Waals surface area contributed by atoms with Crippen LogP contribution in [0.2, 0.25) is 0 Å². The van der Waals surface area contributed by atoms with Gasteiger partial charge >= 0.3 is 0 Å². The van der Waals surface area contributed by atoms with Gasteiger partial charge in [0.1, 0.15) is 0 Å². The first-order valence-electron chi connectivity index (χ1n) is 4.30. The monoisotopic (exact) mass is 279 g/mol. The Hall–Kier alpha value is -0.680. The molecule has 2 N–H and O–H groups in total. The van der Waals surface area contributed by atoms with Crippen molar-refractivity contribution in [3.63, 3.8) is 0 Å². The van der Waals surface area contributed by atoms with E-state index in [1.54, 1.807) is 13.8 Å². The Morgan fingerprint density at radius 3 is 2.27 bits per heavy atom. The van der Waals surface area contributed by atoms with Gasteiger partial charge in [0, 0.05) is 11.1 Å².